The Bertz CT molecular complexity index is 1700. The highest BCUT2D eigenvalue weighted by atomic mass is 35.5. The van der Waals surface area contributed by atoms with Gasteiger partial charge in [0.25, 0.3) is 10.0 Å². The van der Waals surface area contributed by atoms with Crippen molar-refractivity contribution in [2.24, 2.45) is 5.92 Å². The van der Waals surface area contributed by atoms with E-state index in [1.54, 1.807) is 60.4 Å². The summed E-state index contributed by atoms with van der Waals surface area (Å²) in [5.74, 6) is -1.50. The van der Waals surface area contributed by atoms with E-state index in [2.05, 4.69) is 0 Å². The Balaban J connectivity index is 1.42. The maximum Gasteiger partial charge on any atom is 0.306 e. The van der Waals surface area contributed by atoms with Crippen LogP contribution in [0, 0.1) is 18.7 Å². The van der Waals surface area contributed by atoms with Crippen LogP contribution >= 0.6 is 11.6 Å². The zero-order valence-electron chi connectivity index (χ0n) is 24.5. The Morgan fingerprint density at radius 2 is 1.82 bits per heavy atom. The number of carboxylic acid groups (broad SMARTS) is 1. The first-order valence-electron chi connectivity index (χ1n) is 14.5. The van der Waals surface area contributed by atoms with Crippen molar-refractivity contribution in [1.29, 1.82) is 0 Å². The van der Waals surface area contributed by atoms with Crippen LogP contribution in [0.15, 0.2) is 65.6 Å². The number of aryl methyl sites for hydroxylation is 1. The number of likely N-dealkylation sites (tertiary alicyclic amines) is 1. The number of hydrogen-bond acceptors (Lipinski definition) is 5. The molecular formula is C33H34ClFN2O6S. The fourth-order valence-corrected chi connectivity index (χ4v) is 7.63. The smallest absolute Gasteiger partial charge is 0.306 e. The molecule has 11 heteroatoms. The van der Waals surface area contributed by atoms with E-state index in [0.29, 0.717) is 48.5 Å². The van der Waals surface area contributed by atoms with Gasteiger partial charge in [0, 0.05) is 25.1 Å². The van der Waals surface area contributed by atoms with Crippen LogP contribution in [0.3, 0.4) is 0 Å². The van der Waals surface area contributed by atoms with Crippen molar-refractivity contribution in [3.63, 3.8) is 0 Å². The predicted molar refractivity (Wildman–Crippen MR) is 168 cm³/mol. The lowest BCUT2D eigenvalue weighted by Crippen LogP contribution is -2.44. The number of anilines is 1. The zero-order valence-corrected chi connectivity index (χ0v) is 26.1. The fraction of sp³-hybridized carbons (Fsp3) is 0.333. The molecule has 1 atom stereocenters. The molecule has 1 N–H and O–H groups in total. The van der Waals surface area contributed by atoms with E-state index in [0.717, 1.165) is 5.56 Å². The third kappa shape index (κ3) is 6.76. The molecule has 1 fully saturated rings. The number of fused-ring (bicyclic) bond motifs is 1. The lowest BCUT2D eigenvalue weighted by Gasteiger charge is -2.36. The van der Waals surface area contributed by atoms with Crippen LogP contribution < -0.4 is 9.04 Å². The van der Waals surface area contributed by atoms with Crippen LogP contribution in [0.4, 0.5) is 10.1 Å². The van der Waals surface area contributed by atoms with Gasteiger partial charge in [-0.25, -0.2) is 12.8 Å². The minimum Gasteiger partial charge on any atom is -0.486 e. The highest BCUT2D eigenvalue weighted by Crippen LogP contribution is 2.40. The lowest BCUT2D eigenvalue weighted by molar-refractivity contribution is -0.145. The van der Waals surface area contributed by atoms with Crippen LogP contribution in [-0.2, 0) is 19.6 Å². The number of aliphatic carboxylic acids is 1. The summed E-state index contributed by atoms with van der Waals surface area (Å²) in [7, 11) is -4.01. The van der Waals surface area contributed by atoms with Crippen LogP contribution in [-0.4, -0.2) is 56.0 Å². The number of benzene rings is 3. The number of carbonyl (C=O) groups excluding carboxylic acids is 1. The van der Waals surface area contributed by atoms with E-state index in [1.165, 1.54) is 16.4 Å². The second-order valence-electron chi connectivity index (χ2n) is 11.3. The summed E-state index contributed by atoms with van der Waals surface area (Å²) in [6, 6.07) is 16.3. The van der Waals surface area contributed by atoms with Gasteiger partial charge in [0.2, 0.25) is 5.91 Å². The fourth-order valence-electron chi connectivity index (χ4n) is 5.71. The van der Waals surface area contributed by atoms with E-state index >= 15 is 0 Å². The van der Waals surface area contributed by atoms with Gasteiger partial charge < -0.3 is 14.7 Å². The van der Waals surface area contributed by atoms with Crippen molar-refractivity contribution in [1.82, 2.24) is 4.90 Å². The van der Waals surface area contributed by atoms with Crippen molar-refractivity contribution in [3.8, 4) is 5.75 Å². The number of carbonyl (C=O) groups is 2. The van der Waals surface area contributed by atoms with Crippen LogP contribution in [0.25, 0.3) is 11.6 Å². The number of sulfonamides is 1. The Morgan fingerprint density at radius 1 is 1.09 bits per heavy atom. The summed E-state index contributed by atoms with van der Waals surface area (Å²) >= 11 is 6.27. The van der Waals surface area contributed by atoms with Crippen molar-refractivity contribution >= 4 is 50.8 Å². The molecular weight excluding hydrogens is 607 g/mol. The minimum absolute atomic E-state index is 0.0110. The van der Waals surface area contributed by atoms with Gasteiger partial charge in [-0.15, -0.1) is 0 Å². The lowest BCUT2D eigenvalue weighted by atomic mass is 9.97. The van der Waals surface area contributed by atoms with Gasteiger partial charge in [-0.1, -0.05) is 41.9 Å². The average Bonchev–Trinajstić information content (AvgIpc) is 2.99. The highest BCUT2D eigenvalue weighted by molar-refractivity contribution is 7.92. The highest BCUT2D eigenvalue weighted by Gasteiger charge is 2.35. The number of nitrogens with zero attached hydrogens (tertiary/aromatic N) is 2. The Kier molecular flexibility index (Phi) is 9.31. The molecule has 0 radical (unpaired) electrons. The molecule has 3 aromatic carbocycles. The zero-order chi connectivity index (χ0) is 31.6. The summed E-state index contributed by atoms with van der Waals surface area (Å²) in [5, 5.41) is 9.51. The number of ether oxygens (including phenoxy) is 1. The molecule has 0 spiro atoms. The second kappa shape index (κ2) is 13.0. The molecule has 2 aliphatic heterocycles. The van der Waals surface area contributed by atoms with Crippen molar-refractivity contribution in [3.05, 3.63) is 88.2 Å². The molecule has 1 amide bonds. The number of piperidine rings is 1. The van der Waals surface area contributed by atoms with Crippen molar-refractivity contribution in [2.75, 3.05) is 23.9 Å². The van der Waals surface area contributed by atoms with Crippen molar-refractivity contribution in [2.45, 2.75) is 50.5 Å². The van der Waals surface area contributed by atoms with Crippen molar-refractivity contribution < 1.29 is 32.2 Å². The summed E-state index contributed by atoms with van der Waals surface area (Å²) in [4.78, 5) is 26.0. The van der Waals surface area contributed by atoms with E-state index in [1.807, 2.05) is 13.0 Å². The maximum atomic E-state index is 14.6. The van der Waals surface area contributed by atoms with Gasteiger partial charge in [-0.2, -0.15) is 0 Å². The summed E-state index contributed by atoms with van der Waals surface area (Å²) < 4.78 is 50.2. The summed E-state index contributed by atoms with van der Waals surface area (Å²) in [6.07, 6.45) is 2.39. The van der Waals surface area contributed by atoms with Gasteiger partial charge >= 0.3 is 5.97 Å². The Hall–Kier alpha value is -3.89. The van der Waals surface area contributed by atoms with Gasteiger partial charge in [0.15, 0.2) is 0 Å². The van der Waals surface area contributed by atoms with E-state index in [9.17, 15) is 27.5 Å². The molecule has 0 aliphatic carbocycles. The molecule has 3 aromatic rings. The van der Waals surface area contributed by atoms with Gasteiger partial charge in [0.1, 0.15) is 17.7 Å². The normalized spacial score (nSPS) is 17.6. The molecule has 5 rings (SSSR count). The van der Waals surface area contributed by atoms with E-state index in [-0.39, 0.29) is 40.8 Å². The Labute approximate surface area is 261 Å². The standard InChI is InChI=1S/C33H34ClFN2O6S/c1-21-5-3-6-26(17-21)44(41,42)37-20-25(10-12-31(38)36-15-13-24(14-16-36)33(39)40)43-30-11-9-23(19-29(30)37)18-22(2)32-27(34)7-4-8-28(32)35/h3-9,11,17-19,24-25H,10,12-16,20H2,1-2H3,(H,39,40)/b22-18+/t25-/m0/s1. The van der Waals surface area contributed by atoms with E-state index < -0.39 is 33.8 Å². The second-order valence-corrected chi connectivity index (χ2v) is 13.5. The molecule has 0 aromatic heterocycles. The van der Waals surface area contributed by atoms with Gasteiger partial charge in [-0.05, 0) is 86.2 Å². The molecule has 0 saturated carbocycles. The third-order valence-electron chi connectivity index (χ3n) is 8.11. The van der Waals surface area contributed by atoms with Crippen LogP contribution in [0.2, 0.25) is 5.02 Å². The van der Waals surface area contributed by atoms with Crippen LogP contribution in [0.5, 0.6) is 5.75 Å². The first-order valence-corrected chi connectivity index (χ1v) is 16.3. The molecule has 1 saturated heterocycles. The average molecular weight is 641 g/mol. The first-order chi connectivity index (χ1) is 20.9. The number of carboxylic acids is 1. The summed E-state index contributed by atoms with van der Waals surface area (Å²) in [5.41, 5.74) is 2.60. The number of allylic oxidation sites excluding steroid dienone is 1. The SMILES string of the molecule is C/C(=C\c1ccc2c(c1)N(S(=O)(=O)c1cccc(C)c1)C[C@H](CCC(=O)N1CCC(C(=O)O)CC1)O2)c1c(F)cccc1Cl. The topological polar surface area (TPSA) is 104 Å². The number of rotatable bonds is 8. The molecule has 44 heavy (non-hydrogen) atoms. The largest absolute Gasteiger partial charge is 0.486 e. The number of amides is 1. The molecule has 2 heterocycles. The summed E-state index contributed by atoms with van der Waals surface area (Å²) in [6.45, 7) is 4.30. The third-order valence-corrected chi connectivity index (χ3v) is 10.2. The van der Waals surface area contributed by atoms with E-state index in [4.69, 9.17) is 16.3 Å². The molecule has 8 nitrogen and oxygen atoms in total. The number of halogens is 2. The molecule has 0 unspecified atom stereocenters. The molecule has 0 bridgehead atoms. The van der Waals surface area contributed by atoms with Gasteiger partial charge in [-0.3, -0.25) is 13.9 Å². The molecule has 232 valence electrons. The van der Waals surface area contributed by atoms with Crippen LogP contribution in [0.1, 0.15) is 49.3 Å². The number of hydrogen-bond donors (Lipinski definition) is 1. The Morgan fingerprint density at radius 3 is 2.50 bits per heavy atom. The first kappa shape index (κ1) is 31.5. The minimum atomic E-state index is -4.01. The maximum absolute atomic E-state index is 14.6. The quantitative estimate of drug-likeness (QED) is 0.286. The monoisotopic (exact) mass is 640 g/mol. The predicted octanol–water partition coefficient (Wildman–Crippen LogP) is 6.41. The molecule has 2 aliphatic rings. The van der Waals surface area contributed by atoms with Gasteiger partial charge in [0.05, 0.1) is 28.1 Å².